The maximum atomic E-state index is 13.0. The minimum Gasteiger partial charge on any atom is -0.493 e. The van der Waals surface area contributed by atoms with Gasteiger partial charge in [0.1, 0.15) is 6.04 Å². The Labute approximate surface area is 164 Å². The number of sulfonamides is 1. The van der Waals surface area contributed by atoms with Crippen molar-refractivity contribution in [3.63, 3.8) is 0 Å². The van der Waals surface area contributed by atoms with Crippen molar-refractivity contribution in [1.29, 1.82) is 0 Å². The zero-order valence-electron chi connectivity index (χ0n) is 16.1. The van der Waals surface area contributed by atoms with Crippen molar-refractivity contribution in [2.24, 2.45) is 0 Å². The molecule has 0 spiro atoms. The van der Waals surface area contributed by atoms with E-state index < -0.39 is 16.1 Å². The smallest absolute Gasteiger partial charge is 0.247 e. The summed E-state index contributed by atoms with van der Waals surface area (Å²) in [6, 6.07) is 5.85. The number of benzene rings is 1. The van der Waals surface area contributed by atoms with Gasteiger partial charge in [0, 0.05) is 44.6 Å². The van der Waals surface area contributed by atoms with Gasteiger partial charge in [-0.1, -0.05) is 0 Å². The second-order valence-electron chi connectivity index (χ2n) is 6.41. The standard InChI is InChI=1S/C18H24N4O5S/c1-14(22-8-4-7-19-22)18(23)20-9-11-21(12-10-20)28(24,25)15-5-6-16(26-2)17(13-15)27-3/h4-8,13-14H,9-12H2,1-3H3. The topological polar surface area (TPSA) is 94.0 Å². The van der Waals surface area contributed by atoms with Crippen molar-refractivity contribution in [2.75, 3.05) is 40.4 Å². The first-order valence-corrected chi connectivity index (χ1v) is 10.3. The van der Waals surface area contributed by atoms with Crippen LogP contribution in [-0.2, 0) is 14.8 Å². The Kier molecular flexibility index (Phi) is 5.90. The molecule has 152 valence electrons. The molecule has 10 heteroatoms. The predicted octanol–water partition coefficient (Wildman–Crippen LogP) is 0.994. The lowest BCUT2D eigenvalue weighted by Gasteiger charge is -2.35. The molecule has 0 N–H and O–H groups in total. The Morgan fingerprint density at radius 2 is 1.79 bits per heavy atom. The first kappa shape index (κ1) is 20.2. The molecule has 1 atom stereocenters. The van der Waals surface area contributed by atoms with E-state index in [0.717, 1.165) is 0 Å². The highest BCUT2D eigenvalue weighted by Crippen LogP contribution is 2.31. The molecular formula is C18H24N4O5S. The second-order valence-corrected chi connectivity index (χ2v) is 8.35. The molecule has 1 saturated heterocycles. The van der Waals surface area contributed by atoms with Crippen LogP contribution in [0.15, 0.2) is 41.6 Å². The number of carbonyl (C=O) groups is 1. The van der Waals surface area contributed by atoms with E-state index in [1.165, 1.54) is 30.7 Å². The number of methoxy groups -OCH3 is 2. The number of rotatable bonds is 6. The van der Waals surface area contributed by atoms with Gasteiger partial charge in [0.05, 0.1) is 19.1 Å². The fraction of sp³-hybridized carbons (Fsp3) is 0.444. The molecule has 9 nitrogen and oxygen atoms in total. The SMILES string of the molecule is COc1ccc(S(=O)(=O)N2CCN(C(=O)C(C)n3cccn3)CC2)cc1OC. The van der Waals surface area contributed by atoms with Gasteiger partial charge in [0.2, 0.25) is 15.9 Å². The molecule has 1 unspecified atom stereocenters. The van der Waals surface area contributed by atoms with Crippen LogP contribution in [0.1, 0.15) is 13.0 Å². The van der Waals surface area contributed by atoms with E-state index in [9.17, 15) is 13.2 Å². The van der Waals surface area contributed by atoms with Crippen LogP contribution in [0.25, 0.3) is 0 Å². The van der Waals surface area contributed by atoms with Crippen molar-refractivity contribution < 1.29 is 22.7 Å². The highest BCUT2D eigenvalue weighted by atomic mass is 32.2. The highest BCUT2D eigenvalue weighted by Gasteiger charge is 2.32. The van der Waals surface area contributed by atoms with Crippen molar-refractivity contribution in [3.05, 3.63) is 36.7 Å². The third-order valence-corrected chi connectivity index (χ3v) is 6.72. The first-order valence-electron chi connectivity index (χ1n) is 8.88. The number of ether oxygens (including phenoxy) is 2. The summed E-state index contributed by atoms with van der Waals surface area (Å²) in [6.45, 7) is 2.90. The van der Waals surface area contributed by atoms with Gasteiger partial charge in [-0.2, -0.15) is 9.40 Å². The number of nitrogens with zero attached hydrogens (tertiary/aromatic N) is 4. The summed E-state index contributed by atoms with van der Waals surface area (Å²) in [5.74, 6) is 0.738. The molecule has 1 aliphatic rings. The normalized spacial score (nSPS) is 16.6. The zero-order chi connectivity index (χ0) is 20.3. The monoisotopic (exact) mass is 408 g/mol. The van der Waals surface area contributed by atoms with Gasteiger partial charge in [-0.05, 0) is 25.1 Å². The molecule has 1 aromatic heterocycles. The van der Waals surface area contributed by atoms with Crippen molar-refractivity contribution in [2.45, 2.75) is 17.9 Å². The maximum Gasteiger partial charge on any atom is 0.247 e. The highest BCUT2D eigenvalue weighted by molar-refractivity contribution is 7.89. The molecule has 2 heterocycles. The number of hydrogen-bond donors (Lipinski definition) is 0. The Hall–Kier alpha value is -2.59. The van der Waals surface area contributed by atoms with Gasteiger partial charge in [0.25, 0.3) is 0 Å². The van der Waals surface area contributed by atoms with E-state index in [1.807, 2.05) is 0 Å². The molecular weight excluding hydrogens is 384 g/mol. The summed E-state index contributed by atoms with van der Waals surface area (Å²) >= 11 is 0. The average molecular weight is 408 g/mol. The fourth-order valence-electron chi connectivity index (χ4n) is 3.16. The Balaban J connectivity index is 1.69. The number of carbonyl (C=O) groups excluding carboxylic acids is 1. The maximum absolute atomic E-state index is 13.0. The number of amides is 1. The summed E-state index contributed by atoms with van der Waals surface area (Å²) in [6.07, 6.45) is 3.36. The Bertz CT molecular complexity index is 921. The summed E-state index contributed by atoms with van der Waals surface area (Å²) in [5, 5.41) is 4.10. The summed E-state index contributed by atoms with van der Waals surface area (Å²) < 4.78 is 39.3. The molecule has 3 rings (SSSR count). The molecule has 1 aromatic carbocycles. The predicted molar refractivity (Wildman–Crippen MR) is 102 cm³/mol. The van der Waals surface area contributed by atoms with Crippen LogP contribution in [0.2, 0.25) is 0 Å². The molecule has 2 aromatic rings. The van der Waals surface area contributed by atoms with Gasteiger partial charge in [-0.15, -0.1) is 0 Å². The van der Waals surface area contributed by atoms with Crippen LogP contribution >= 0.6 is 0 Å². The summed E-state index contributed by atoms with van der Waals surface area (Å²) in [4.78, 5) is 14.5. The van der Waals surface area contributed by atoms with Gasteiger partial charge in [-0.25, -0.2) is 8.42 Å². The minimum absolute atomic E-state index is 0.0770. The molecule has 1 aliphatic heterocycles. The zero-order valence-corrected chi connectivity index (χ0v) is 16.9. The van der Waals surface area contributed by atoms with Crippen molar-refractivity contribution in [3.8, 4) is 11.5 Å². The minimum atomic E-state index is -3.69. The quantitative estimate of drug-likeness (QED) is 0.708. The molecule has 0 radical (unpaired) electrons. The molecule has 0 bridgehead atoms. The van der Waals surface area contributed by atoms with Crippen molar-refractivity contribution >= 4 is 15.9 Å². The lowest BCUT2D eigenvalue weighted by Crippen LogP contribution is -2.51. The first-order chi connectivity index (χ1) is 13.4. The molecule has 0 aliphatic carbocycles. The molecule has 0 saturated carbocycles. The number of hydrogen-bond acceptors (Lipinski definition) is 6. The van der Waals surface area contributed by atoms with Crippen LogP contribution < -0.4 is 9.47 Å². The van der Waals surface area contributed by atoms with Gasteiger partial charge in [-0.3, -0.25) is 9.48 Å². The number of piperazine rings is 1. The summed E-state index contributed by atoms with van der Waals surface area (Å²) in [5.41, 5.74) is 0. The van der Waals surface area contributed by atoms with E-state index in [2.05, 4.69) is 5.10 Å². The summed E-state index contributed by atoms with van der Waals surface area (Å²) in [7, 11) is -0.740. The third-order valence-electron chi connectivity index (χ3n) is 4.82. The Morgan fingerprint density at radius 1 is 1.11 bits per heavy atom. The average Bonchev–Trinajstić information content (AvgIpc) is 3.27. The fourth-order valence-corrected chi connectivity index (χ4v) is 4.60. The third kappa shape index (κ3) is 3.83. The lowest BCUT2D eigenvalue weighted by atomic mass is 10.2. The molecule has 28 heavy (non-hydrogen) atoms. The molecule has 1 amide bonds. The van der Waals surface area contributed by atoms with Crippen LogP contribution in [0, 0.1) is 0 Å². The van der Waals surface area contributed by atoms with E-state index in [4.69, 9.17) is 9.47 Å². The largest absolute Gasteiger partial charge is 0.493 e. The van der Waals surface area contributed by atoms with Crippen molar-refractivity contribution in [1.82, 2.24) is 19.0 Å². The van der Waals surface area contributed by atoms with Gasteiger partial charge >= 0.3 is 0 Å². The van der Waals surface area contributed by atoms with E-state index in [1.54, 1.807) is 41.0 Å². The second kappa shape index (κ2) is 8.19. The molecule has 1 fully saturated rings. The van der Waals surface area contributed by atoms with Gasteiger partial charge < -0.3 is 14.4 Å². The van der Waals surface area contributed by atoms with Crippen LogP contribution in [0.3, 0.4) is 0 Å². The van der Waals surface area contributed by atoms with Crippen LogP contribution in [0.5, 0.6) is 11.5 Å². The van der Waals surface area contributed by atoms with Crippen LogP contribution in [-0.4, -0.2) is 73.7 Å². The van der Waals surface area contributed by atoms with E-state index in [0.29, 0.717) is 24.6 Å². The lowest BCUT2D eigenvalue weighted by molar-refractivity contribution is -0.135. The Morgan fingerprint density at radius 3 is 2.36 bits per heavy atom. The van der Waals surface area contributed by atoms with E-state index in [-0.39, 0.29) is 23.9 Å². The number of aromatic nitrogens is 2. The van der Waals surface area contributed by atoms with Crippen LogP contribution in [0.4, 0.5) is 0 Å². The van der Waals surface area contributed by atoms with Gasteiger partial charge in [0.15, 0.2) is 11.5 Å². The van der Waals surface area contributed by atoms with E-state index >= 15 is 0 Å².